The number of hydrogen-bond acceptors (Lipinski definition) is 9. The van der Waals surface area contributed by atoms with E-state index in [1.165, 1.54) is 34.4 Å². The zero-order valence-corrected chi connectivity index (χ0v) is 21.3. The molecule has 12 heteroatoms. The molecule has 1 aliphatic carbocycles. The first kappa shape index (κ1) is 24.4. The predicted octanol–water partition coefficient (Wildman–Crippen LogP) is 3.65. The predicted molar refractivity (Wildman–Crippen MR) is 133 cm³/mol. The fraction of sp³-hybridized carbons (Fsp3) is 0.409. The Bertz CT molecular complexity index is 1190. The first-order valence-corrected chi connectivity index (χ1v) is 13.6. The lowest BCUT2D eigenvalue weighted by molar-refractivity contribution is -0.113. The number of aromatic nitrogens is 3. The van der Waals surface area contributed by atoms with Gasteiger partial charge in [0, 0.05) is 11.9 Å². The lowest BCUT2D eigenvalue weighted by Crippen LogP contribution is -2.23. The minimum Gasteiger partial charge on any atom is -0.462 e. The van der Waals surface area contributed by atoms with Gasteiger partial charge in [0.25, 0.3) is 5.91 Å². The largest absolute Gasteiger partial charge is 0.462 e. The van der Waals surface area contributed by atoms with E-state index in [0.717, 1.165) is 36.1 Å². The summed E-state index contributed by atoms with van der Waals surface area (Å²) in [6, 6.07) is 3.58. The number of carbonyl (C=O) groups excluding carboxylic acids is 3. The number of esters is 1. The van der Waals surface area contributed by atoms with E-state index in [-0.39, 0.29) is 36.7 Å². The summed E-state index contributed by atoms with van der Waals surface area (Å²) in [6.07, 6.45) is 3.86. The molecule has 0 fully saturated rings. The number of aryl methyl sites for hydroxylation is 1. The molecule has 0 spiro atoms. The molecule has 3 aromatic heterocycles. The minimum absolute atomic E-state index is 0.109. The van der Waals surface area contributed by atoms with Crippen molar-refractivity contribution in [2.75, 3.05) is 17.7 Å². The molecule has 1 aliphatic rings. The van der Waals surface area contributed by atoms with E-state index in [1.54, 1.807) is 24.6 Å². The highest BCUT2D eigenvalue weighted by molar-refractivity contribution is 7.99. The molecule has 4 rings (SSSR count). The Labute approximate surface area is 209 Å². The Morgan fingerprint density at radius 3 is 2.82 bits per heavy atom. The van der Waals surface area contributed by atoms with Gasteiger partial charge in [0.2, 0.25) is 5.91 Å². The van der Waals surface area contributed by atoms with E-state index in [2.05, 4.69) is 20.8 Å². The number of hydrogen-bond donors (Lipinski definition) is 2. The van der Waals surface area contributed by atoms with E-state index in [4.69, 9.17) is 4.74 Å². The summed E-state index contributed by atoms with van der Waals surface area (Å²) < 4.78 is 7.00. The van der Waals surface area contributed by atoms with Crippen LogP contribution < -0.4 is 10.6 Å². The van der Waals surface area contributed by atoms with Gasteiger partial charge in [-0.3, -0.25) is 9.59 Å². The van der Waals surface area contributed by atoms with E-state index >= 15 is 0 Å². The third-order valence-corrected chi connectivity index (χ3v) is 8.41. The summed E-state index contributed by atoms with van der Waals surface area (Å²) in [4.78, 5) is 39.2. The first-order chi connectivity index (χ1) is 16.5. The van der Waals surface area contributed by atoms with E-state index in [0.29, 0.717) is 26.4 Å². The number of fused-ring (bicyclic) bond motifs is 1. The number of thioether (sulfide) groups is 1. The molecule has 0 atom stereocenters. The molecular formula is C22H25N5O4S3. The maximum atomic E-state index is 12.7. The van der Waals surface area contributed by atoms with Gasteiger partial charge in [0.15, 0.2) is 11.0 Å². The van der Waals surface area contributed by atoms with Crippen LogP contribution in [0.2, 0.25) is 0 Å². The maximum Gasteiger partial charge on any atom is 0.341 e. The molecular weight excluding hydrogens is 494 g/mol. The van der Waals surface area contributed by atoms with Crippen LogP contribution in [-0.2, 0) is 36.0 Å². The summed E-state index contributed by atoms with van der Waals surface area (Å²) >= 11 is 4.08. The normalized spacial score (nSPS) is 12.8. The molecule has 3 heterocycles. The molecule has 0 bridgehead atoms. The van der Waals surface area contributed by atoms with Gasteiger partial charge in [0.1, 0.15) is 5.00 Å². The second kappa shape index (κ2) is 11.2. The molecule has 0 saturated heterocycles. The zero-order chi connectivity index (χ0) is 24.1. The number of rotatable bonds is 9. The van der Waals surface area contributed by atoms with Gasteiger partial charge in [-0.2, -0.15) is 0 Å². The van der Waals surface area contributed by atoms with Gasteiger partial charge < -0.3 is 19.9 Å². The third kappa shape index (κ3) is 5.50. The van der Waals surface area contributed by atoms with Crippen LogP contribution in [0.25, 0.3) is 0 Å². The molecule has 2 amide bonds. The van der Waals surface area contributed by atoms with Crippen molar-refractivity contribution < 1.29 is 19.1 Å². The molecule has 2 N–H and O–H groups in total. The monoisotopic (exact) mass is 519 g/mol. The number of nitrogens with zero attached hydrogens (tertiary/aromatic N) is 3. The Balaban J connectivity index is 1.36. The number of carbonyl (C=O) groups is 3. The summed E-state index contributed by atoms with van der Waals surface area (Å²) in [6.45, 7) is 2.29. The van der Waals surface area contributed by atoms with Crippen molar-refractivity contribution in [1.82, 2.24) is 20.1 Å². The highest BCUT2D eigenvalue weighted by atomic mass is 32.2. The minimum atomic E-state index is -0.382. The fourth-order valence-electron chi connectivity index (χ4n) is 3.64. The van der Waals surface area contributed by atoms with Crippen LogP contribution in [0.5, 0.6) is 0 Å². The average Bonchev–Trinajstić information content (AvgIpc) is 3.55. The summed E-state index contributed by atoms with van der Waals surface area (Å²) in [5.74, 6) is -0.0821. The van der Waals surface area contributed by atoms with E-state index in [1.807, 2.05) is 11.4 Å². The number of nitrogens with one attached hydrogen (secondary N) is 2. The van der Waals surface area contributed by atoms with Crippen LogP contribution >= 0.6 is 34.4 Å². The van der Waals surface area contributed by atoms with Gasteiger partial charge in [-0.15, -0.1) is 32.9 Å². The van der Waals surface area contributed by atoms with Crippen LogP contribution in [0.3, 0.4) is 0 Å². The molecule has 0 aromatic carbocycles. The molecule has 0 aliphatic heterocycles. The third-order valence-electron chi connectivity index (χ3n) is 5.31. The van der Waals surface area contributed by atoms with Crippen molar-refractivity contribution in [3.63, 3.8) is 0 Å². The topological polar surface area (TPSA) is 115 Å². The second-order valence-corrected chi connectivity index (χ2v) is 10.6. The van der Waals surface area contributed by atoms with Crippen molar-refractivity contribution >= 4 is 57.2 Å². The van der Waals surface area contributed by atoms with Crippen LogP contribution in [0.15, 0.2) is 22.7 Å². The quantitative estimate of drug-likeness (QED) is 0.327. The van der Waals surface area contributed by atoms with Crippen LogP contribution in [0.1, 0.15) is 56.1 Å². The summed E-state index contributed by atoms with van der Waals surface area (Å²) in [5.41, 5.74) is 1.52. The first-order valence-electron chi connectivity index (χ1n) is 10.9. The van der Waals surface area contributed by atoms with Crippen LogP contribution in [0.4, 0.5) is 5.00 Å². The molecule has 3 aromatic rings. The van der Waals surface area contributed by atoms with Crippen LogP contribution in [0, 0.1) is 0 Å². The Morgan fingerprint density at radius 1 is 1.24 bits per heavy atom. The molecule has 0 unspecified atom stereocenters. The van der Waals surface area contributed by atoms with Gasteiger partial charge in [-0.25, -0.2) is 4.79 Å². The molecule has 0 saturated carbocycles. The van der Waals surface area contributed by atoms with Crippen molar-refractivity contribution in [3.05, 3.63) is 44.2 Å². The lowest BCUT2D eigenvalue weighted by atomic mass is 9.95. The summed E-state index contributed by atoms with van der Waals surface area (Å²) in [5, 5.41) is 17.0. The Kier molecular flexibility index (Phi) is 8.01. The maximum absolute atomic E-state index is 12.7. The smallest absolute Gasteiger partial charge is 0.341 e. The van der Waals surface area contributed by atoms with Crippen molar-refractivity contribution in [3.8, 4) is 0 Å². The molecule has 9 nitrogen and oxygen atoms in total. The fourth-order valence-corrected chi connectivity index (χ4v) is 6.31. The number of thiophene rings is 2. The lowest BCUT2D eigenvalue weighted by Gasteiger charge is -2.12. The number of ether oxygens (including phenoxy) is 1. The van der Waals surface area contributed by atoms with Gasteiger partial charge in [-0.1, -0.05) is 17.8 Å². The number of anilines is 1. The Morgan fingerprint density at radius 2 is 2.06 bits per heavy atom. The highest BCUT2D eigenvalue weighted by Gasteiger charge is 2.27. The van der Waals surface area contributed by atoms with Gasteiger partial charge in [-0.05, 0) is 49.6 Å². The van der Waals surface area contributed by atoms with Crippen molar-refractivity contribution in [2.24, 2.45) is 7.05 Å². The number of amides is 2. The van der Waals surface area contributed by atoms with Crippen molar-refractivity contribution in [2.45, 2.75) is 44.3 Å². The average molecular weight is 520 g/mol. The van der Waals surface area contributed by atoms with Gasteiger partial charge >= 0.3 is 5.97 Å². The van der Waals surface area contributed by atoms with E-state index < -0.39 is 0 Å². The SMILES string of the molecule is CCOC(=O)c1c(NC(=O)CSc2nnc(CNC(=O)c3cccs3)n2C)sc2c1CCCC2. The standard InChI is InChI=1S/C22H25N5O4S3/c1-3-31-21(30)18-13-7-4-5-8-14(13)34-20(18)24-17(28)12-33-22-26-25-16(27(22)2)11-23-19(29)15-9-6-10-32-15/h6,9-10H,3-5,7-8,11-12H2,1-2H3,(H,23,29)(H,24,28). The summed E-state index contributed by atoms with van der Waals surface area (Å²) in [7, 11) is 1.79. The zero-order valence-electron chi connectivity index (χ0n) is 18.9. The van der Waals surface area contributed by atoms with E-state index in [9.17, 15) is 14.4 Å². The van der Waals surface area contributed by atoms with Gasteiger partial charge in [0.05, 0.1) is 29.3 Å². The van der Waals surface area contributed by atoms with Crippen LogP contribution in [-0.4, -0.2) is 44.9 Å². The molecule has 34 heavy (non-hydrogen) atoms. The molecule has 0 radical (unpaired) electrons. The second-order valence-electron chi connectivity index (χ2n) is 7.59. The highest BCUT2D eigenvalue weighted by Crippen LogP contribution is 2.38. The Hall–Kier alpha value is -2.70. The van der Waals surface area contributed by atoms with Crippen molar-refractivity contribution in [1.29, 1.82) is 0 Å². The molecule has 180 valence electrons.